The summed E-state index contributed by atoms with van der Waals surface area (Å²) in [5.41, 5.74) is 2.54. The predicted molar refractivity (Wildman–Crippen MR) is 87.8 cm³/mol. The lowest BCUT2D eigenvalue weighted by Gasteiger charge is -2.20. The van der Waals surface area contributed by atoms with Crippen LogP contribution in [0.5, 0.6) is 0 Å². The average Bonchev–Trinajstić information content (AvgIpc) is 3.04. The van der Waals surface area contributed by atoms with E-state index in [9.17, 15) is 0 Å². The number of fused-ring (bicyclic) bond motifs is 1. The minimum absolute atomic E-state index is 0.0930. The molecule has 0 aliphatic rings. The number of aromatic nitrogens is 4. The van der Waals surface area contributed by atoms with E-state index in [2.05, 4.69) is 77.7 Å². The molecule has 114 valence electrons. The number of rotatable bonds is 5. The zero-order valence-electron chi connectivity index (χ0n) is 13.3. The molecule has 0 saturated carbocycles. The first-order chi connectivity index (χ1) is 10.7. The van der Waals surface area contributed by atoms with E-state index in [1.54, 1.807) is 4.80 Å². The zero-order chi connectivity index (χ0) is 15.5. The molecular formula is C17H21N5. The Morgan fingerprint density at radius 1 is 1.09 bits per heavy atom. The summed E-state index contributed by atoms with van der Waals surface area (Å²) in [7, 11) is 4.16. The molecule has 1 aromatic heterocycles. The molecule has 0 spiro atoms. The minimum Gasteiger partial charge on any atom is -0.309 e. The molecule has 0 radical (unpaired) electrons. The van der Waals surface area contributed by atoms with Crippen molar-refractivity contribution in [2.24, 2.45) is 0 Å². The van der Waals surface area contributed by atoms with Crippen LogP contribution in [0.25, 0.3) is 10.8 Å². The van der Waals surface area contributed by atoms with Crippen molar-refractivity contribution in [1.82, 2.24) is 25.1 Å². The van der Waals surface area contributed by atoms with Gasteiger partial charge in [0, 0.05) is 0 Å². The summed E-state index contributed by atoms with van der Waals surface area (Å²) in [4.78, 5) is 3.90. The molecule has 0 N–H and O–H groups in total. The Kier molecular flexibility index (Phi) is 4.15. The maximum Gasteiger partial charge on any atom is 0.162 e. The van der Waals surface area contributed by atoms with Gasteiger partial charge >= 0.3 is 0 Å². The molecule has 0 fully saturated rings. The Morgan fingerprint density at radius 2 is 1.86 bits per heavy atom. The molecule has 22 heavy (non-hydrogen) atoms. The van der Waals surface area contributed by atoms with Gasteiger partial charge in [0.1, 0.15) is 6.04 Å². The normalized spacial score (nSPS) is 12.9. The molecule has 5 heteroatoms. The third-order valence-corrected chi connectivity index (χ3v) is 4.03. The second kappa shape index (κ2) is 6.23. The van der Waals surface area contributed by atoms with Gasteiger partial charge in [0.2, 0.25) is 0 Å². The lowest BCUT2D eigenvalue weighted by atomic mass is 9.94. The third kappa shape index (κ3) is 2.85. The van der Waals surface area contributed by atoms with E-state index in [1.165, 1.54) is 28.2 Å². The second-order valence-corrected chi connectivity index (χ2v) is 5.88. The number of hydrogen-bond donors (Lipinski definition) is 0. The molecular weight excluding hydrogens is 274 g/mol. The van der Waals surface area contributed by atoms with Crippen LogP contribution < -0.4 is 0 Å². The van der Waals surface area contributed by atoms with E-state index in [4.69, 9.17) is 0 Å². The summed E-state index contributed by atoms with van der Waals surface area (Å²) in [6.45, 7) is 3.11. The Labute approximate surface area is 130 Å². The molecule has 2 aromatic carbocycles. The molecule has 3 aromatic rings. The maximum atomic E-state index is 4.28. The molecule has 0 saturated heterocycles. The van der Waals surface area contributed by atoms with Gasteiger partial charge in [-0.3, -0.25) is 0 Å². The van der Waals surface area contributed by atoms with Crippen LogP contribution in [0.15, 0.2) is 42.7 Å². The van der Waals surface area contributed by atoms with Gasteiger partial charge in [-0.05, 0) is 61.1 Å². The van der Waals surface area contributed by atoms with E-state index in [0.717, 1.165) is 13.0 Å². The standard InChI is InChI=1S/C17H21N5/c1-13-8-9-16(15-7-5-4-6-14(13)15)17(10-11-21(2)3)22-19-12-18-20-22/h4-9,12,17H,10-11H2,1-3H3. The van der Waals surface area contributed by atoms with Crippen molar-refractivity contribution in [3.8, 4) is 0 Å². The molecule has 3 rings (SSSR count). The Hall–Kier alpha value is -2.27. The van der Waals surface area contributed by atoms with E-state index >= 15 is 0 Å². The topological polar surface area (TPSA) is 46.8 Å². The minimum atomic E-state index is 0.0930. The first-order valence-corrected chi connectivity index (χ1v) is 7.52. The molecule has 1 heterocycles. The van der Waals surface area contributed by atoms with Gasteiger partial charge in [0.05, 0.1) is 0 Å². The van der Waals surface area contributed by atoms with Crippen molar-refractivity contribution in [2.75, 3.05) is 20.6 Å². The van der Waals surface area contributed by atoms with Gasteiger partial charge in [0.25, 0.3) is 0 Å². The number of nitrogens with zero attached hydrogens (tertiary/aromatic N) is 5. The molecule has 0 aliphatic carbocycles. The van der Waals surface area contributed by atoms with Crippen LogP contribution in [0.4, 0.5) is 0 Å². The zero-order valence-corrected chi connectivity index (χ0v) is 13.3. The number of benzene rings is 2. The van der Waals surface area contributed by atoms with Crippen molar-refractivity contribution < 1.29 is 0 Å². The lowest BCUT2D eigenvalue weighted by Crippen LogP contribution is -2.21. The summed E-state index contributed by atoms with van der Waals surface area (Å²) in [6, 6.07) is 13.0. The smallest absolute Gasteiger partial charge is 0.162 e. The highest BCUT2D eigenvalue weighted by Crippen LogP contribution is 2.30. The summed E-state index contributed by atoms with van der Waals surface area (Å²) >= 11 is 0. The van der Waals surface area contributed by atoms with Crippen molar-refractivity contribution in [1.29, 1.82) is 0 Å². The van der Waals surface area contributed by atoms with E-state index in [1.807, 2.05) is 0 Å². The average molecular weight is 295 g/mol. The summed E-state index contributed by atoms with van der Waals surface area (Å²) < 4.78 is 0. The fraction of sp³-hybridized carbons (Fsp3) is 0.353. The van der Waals surface area contributed by atoms with Gasteiger partial charge in [-0.25, -0.2) is 0 Å². The monoisotopic (exact) mass is 295 g/mol. The van der Waals surface area contributed by atoms with Crippen molar-refractivity contribution in [3.05, 3.63) is 53.9 Å². The summed E-state index contributed by atoms with van der Waals surface area (Å²) in [6.07, 6.45) is 2.44. The van der Waals surface area contributed by atoms with E-state index < -0.39 is 0 Å². The van der Waals surface area contributed by atoms with Crippen molar-refractivity contribution in [3.63, 3.8) is 0 Å². The molecule has 0 bridgehead atoms. The largest absolute Gasteiger partial charge is 0.309 e. The third-order valence-electron chi connectivity index (χ3n) is 4.03. The first kappa shape index (κ1) is 14.7. The molecule has 1 atom stereocenters. The highest BCUT2D eigenvalue weighted by atomic mass is 15.6. The van der Waals surface area contributed by atoms with Crippen LogP contribution in [-0.2, 0) is 0 Å². The first-order valence-electron chi connectivity index (χ1n) is 7.52. The maximum absolute atomic E-state index is 4.28. The van der Waals surface area contributed by atoms with E-state index in [0.29, 0.717) is 0 Å². The van der Waals surface area contributed by atoms with Crippen LogP contribution in [0.2, 0.25) is 0 Å². The molecule has 0 aliphatic heterocycles. The number of hydrogen-bond acceptors (Lipinski definition) is 4. The highest BCUT2D eigenvalue weighted by Gasteiger charge is 2.19. The van der Waals surface area contributed by atoms with Gasteiger partial charge in [0.15, 0.2) is 6.33 Å². The Bertz CT molecular complexity index is 749. The van der Waals surface area contributed by atoms with Crippen LogP contribution in [0.3, 0.4) is 0 Å². The fourth-order valence-corrected chi connectivity index (χ4v) is 2.86. The Balaban J connectivity index is 2.10. The van der Waals surface area contributed by atoms with Crippen molar-refractivity contribution in [2.45, 2.75) is 19.4 Å². The van der Waals surface area contributed by atoms with Crippen LogP contribution >= 0.6 is 0 Å². The summed E-state index contributed by atoms with van der Waals surface area (Å²) in [5.74, 6) is 0. The van der Waals surface area contributed by atoms with Gasteiger partial charge in [-0.15, -0.1) is 10.2 Å². The SMILES string of the molecule is Cc1ccc(C(CCN(C)C)n2ncnn2)c2ccccc12. The lowest BCUT2D eigenvalue weighted by molar-refractivity contribution is 0.340. The highest BCUT2D eigenvalue weighted by molar-refractivity contribution is 5.88. The van der Waals surface area contributed by atoms with Crippen LogP contribution in [0, 0.1) is 6.92 Å². The van der Waals surface area contributed by atoms with E-state index in [-0.39, 0.29) is 6.04 Å². The number of aryl methyl sites for hydroxylation is 1. The summed E-state index contributed by atoms with van der Waals surface area (Å²) in [5, 5.41) is 14.8. The van der Waals surface area contributed by atoms with Crippen LogP contribution in [0.1, 0.15) is 23.6 Å². The quantitative estimate of drug-likeness (QED) is 0.726. The Morgan fingerprint density at radius 3 is 2.55 bits per heavy atom. The predicted octanol–water partition coefficient (Wildman–Crippen LogP) is 2.68. The van der Waals surface area contributed by atoms with Crippen molar-refractivity contribution >= 4 is 10.8 Å². The number of tetrazole rings is 1. The van der Waals surface area contributed by atoms with Gasteiger partial charge in [-0.2, -0.15) is 4.80 Å². The molecule has 0 amide bonds. The second-order valence-electron chi connectivity index (χ2n) is 5.88. The molecule has 5 nitrogen and oxygen atoms in total. The van der Waals surface area contributed by atoms with Gasteiger partial charge < -0.3 is 4.90 Å². The molecule has 1 unspecified atom stereocenters. The fourth-order valence-electron chi connectivity index (χ4n) is 2.86. The van der Waals surface area contributed by atoms with Crippen LogP contribution in [-0.4, -0.2) is 45.7 Å². The van der Waals surface area contributed by atoms with Gasteiger partial charge in [-0.1, -0.05) is 36.4 Å².